The molecule has 0 aliphatic rings. The number of anilines is 2. The van der Waals surface area contributed by atoms with Gasteiger partial charge >= 0.3 is 0 Å². The van der Waals surface area contributed by atoms with Crippen molar-refractivity contribution in [1.82, 2.24) is 4.98 Å². The lowest BCUT2D eigenvalue weighted by atomic mass is 10.0. The number of rotatable bonds is 2. The average molecular weight is 302 g/mol. The molecule has 0 spiro atoms. The minimum Gasteiger partial charge on any atom is -0.345 e. The van der Waals surface area contributed by atoms with Crippen LogP contribution in [0.25, 0.3) is 21.5 Å². The van der Waals surface area contributed by atoms with E-state index in [1.165, 1.54) is 22.9 Å². The largest absolute Gasteiger partial charge is 0.345 e. The monoisotopic (exact) mass is 302 g/mol. The van der Waals surface area contributed by atoms with E-state index in [0.29, 0.717) is 0 Å². The zero-order chi connectivity index (χ0) is 15.8. The Balaban J connectivity index is 1.82. The predicted octanol–water partition coefficient (Wildman–Crippen LogP) is 5.30. The van der Waals surface area contributed by atoms with Crippen LogP contribution in [0, 0.1) is 5.82 Å². The molecular formula is C20H15FN2. The molecule has 0 N–H and O–H groups in total. The van der Waals surface area contributed by atoms with Gasteiger partial charge in [0, 0.05) is 36.2 Å². The predicted molar refractivity (Wildman–Crippen MR) is 93.7 cm³/mol. The molecule has 4 rings (SSSR count). The SMILES string of the molecule is CN(c1ccc(F)cc1)c1ccc2c(ccc3ccncc32)c1. The van der Waals surface area contributed by atoms with Gasteiger partial charge in [0.05, 0.1) is 0 Å². The average Bonchev–Trinajstić information content (AvgIpc) is 2.61. The Morgan fingerprint density at radius 1 is 0.783 bits per heavy atom. The number of nitrogens with zero attached hydrogens (tertiary/aromatic N) is 2. The van der Waals surface area contributed by atoms with Crippen molar-refractivity contribution in [2.75, 3.05) is 11.9 Å². The first-order valence-corrected chi connectivity index (χ1v) is 7.48. The highest BCUT2D eigenvalue weighted by molar-refractivity contribution is 6.07. The van der Waals surface area contributed by atoms with Gasteiger partial charge < -0.3 is 4.90 Å². The maximum absolute atomic E-state index is 13.1. The first-order chi connectivity index (χ1) is 11.2. The van der Waals surface area contributed by atoms with Gasteiger partial charge in [-0.3, -0.25) is 4.98 Å². The summed E-state index contributed by atoms with van der Waals surface area (Å²) in [4.78, 5) is 6.28. The second kappa shape index (κ2) is 5.36. The summed E-state index contributed by atoms with van der Waals surface area (Å²) >= 11 is 0. The van der Waals surface area contributed by atoms with Gasteiger partial charge in [-0.2, -0.15) is 0 Å². The minimum absolute atomic E-state index is 0.223. The Bertz CT molecular complexity index is 993. The molecule has 0 saturated carbocycles. The van der Waals surface area contributed by atoms with Gasteiger partial charge in [0.15, 0.2) is 0 Å². The molecule has 0 atom stereocenters. The van der Waals surface area contributed by atoms with E-state index in [2.05, 4.69) is 35.3 Å². The van der Waals surface area contributed by atoms with Crippen LogP contribution in [-0.2, 0) is 0 Å². The third-order valence-corrected chi connectivity index (χ3v) is 4.22. The van der Waals surface area contributed by atoms with Gasteiger partial charge in [-0.25, -0.2) is 4.39 Å². The summed E-state index contributed by atoms with van der Waals surface area (Å²) in [5.74, 6) is -0.223. The normalized spacial score (nSPS) is 11.0. The molecule has 3 heteroatoms. The summed E-state index contributed by atoms with van der Waals surface area (Å²) in [7, 11) is 1.98. The highest BCUT2D eigenvalue weighted by Gasteiger charge is 2.07. The summed E-state index contributed by atoms with van der Waals surface area (Å²) < 4.78 is 13.1. The Hall–Kier alpha value is -2.94. The van der Waals surface area contributed by atoms with E-state index in [9.17, 15) is 4.39 Å². The van der Waals surface area contributed by atoms with Crippen molar-refractivity contribution in [3.05, 3.63) is 78.9 Å². The van der Waals surface area contributed by atoms with Crippen molar-refractivity contribution in [1.29, 1.82) is 0 Å². The third kappa shape index (κ3) is 2.40. The summed E-state index contributed by atoms with van der Waals surface area (Å²) in [5, 5.41) is 4.69. The lowest BCUT2D eigenvalue weighted by molar-refractivity contribution is 0.628. The topological polar surface area (TPSA) is 16.1 Å². The van der Waals surface area contributed by atoms with Crippen LogP contribution in [0.15, 0.2) is 73.1 Å². The van der Waals surface area contributed by atoms with Gasteiger partial charge in [-0.05, 0) is 58.6 Å². The molecule has 0 saturated heterocycles. The molecule has 0 aliphatic heterocycles. The van der Waals surface area contributed by atoms with Crippen LogP contribution < -0.4 is 4.90 Å². The standard InChI is InChI=1S/C20H15FN2/c1-23(17-6-4-16(21)5-7-17)18-8-9-19-15(12-18)3-2-14-10-11-22-13-20(14)19/h2-13H,1H3. The maximum Gasteiger partial charge on any atom is 0.123 e. The number of fused-ring (bicyclic) bond motifs is 3. The van der Waals surface area contributed by atoms with Gasteiger partial charge in [-0.1, -0.05) is 18.2 Å². The Morgan fingerprint density at radius 2 is 1.52 bits per heavy atom. The number of halogens is 1. The highest BCUT2D eigenvalue weighted by Crippen LogP contribution is 2.30. The van der Waals surface area contributed by atoms with Gasteiger partial charge in [0.25, 0.3) is 0 Å². The van der Waals surface area contributed by atoms with Crippen molar-refractivity contribution in [2.24, 2.45) is 0 Å². The minimum atomic E-state index is -0.223. The molecule has 4 aromatic rings. The molecule has 112 valence electrons. The number of hydrogen-bond donors (Lipinski definition) is 0. The van der Waals surface area contributed by atoms with Crippen LogP contribution in [0.3, 0.4) is 0 Å². The number of aromatic nitrogens is 1. The van der Waals surface area contributed by atoms with Crippen LogP contribution in [0.4, 0.5) is 15.8 Å². The highest BCUT2D eigenvalue weighted by atomic mass is 19.1. The van der Waals surface area contributed by atoms with E-state index in [1.54, 1.807) is 12.1 Å². The van der Waals surface area contributed by atoms with Crippen molar-refractivity contribution < 1.29 is 4.39 Å². The van der Waals surface area contributed by atoms with Crippen LogP contribution >= 0.6 is 0 Å². The molecule has 1 aromatic heterocycles. The summed E-state index contributed by atoms with van der Waals surface area (Å²) in [5.41, 5.74) is 2.01. The summed E-state index contributed by atoms with van der Waals surface area (Å²) in [6, 6.07) is 19.1. The molecule has 0 amide bonds. The lowest BCUT2D eigenvalue weighted by Crippen LogP contribution is -2.09. The molecule has 0 unspecified atom stereocenters. The van der Waals surface area contributed by atoms with Crippen molar-refractivity contribution in [3.63, 3.8) is 0 Å². The van der Waals surface area contributed by atoms with E-state index < -0.39 is 0 Å². The van der Waals surface area contributed by atoms with Gasteiger partial charge in [0.1, 0.15) is 5.82 Å². The number of hydrogen-bond acceptors (Lipinski definition) is 2. The Morgan fingerprint density at radius 3 is 2.35 bits per heavy atom. The molecule has 0 fully saturated rings. The Kier molecular flexibility index (Phi) is 3.19. The summed E-state index contributed by atoms with van der Waals surface area (Å²) in [6.45, 7) is 0. The fourth-order valence-electron chi connectivity index (χ4n) is 2.91. The smallest absolute Gasteiger partial charge is 0.123 e. The second-order valence-corrected chi connectivity index (χ2v) is 5.60. The zero-order valence-corrected chi connectivity index (χ0v) is 12.7. The fraction of sp³-hybridized carbons (Fsp3) is 0.0500. The lowest BCUT2D eigenvalue weighted by Gasteiger charge is -2.20. The number of pyridine rings is 1. The van der Waals surface area contributed by atoms with E-state index in [4.69, 9.17) is 0 Å². The summed E-state index contributed by atoms with van der Waals surface area (Å²) in [6.07, 6.45) is 3.71. The first kappa shape index (κ1) is 13.7. The number of benzene rings is 3. The molecular weight excluding hydrogens is 287 g/mol. The fourth-order valence-corrected chi connectivity index (χ4v) is 2.91. The maximum atomic E-state index is 13.1. The van der Waals surface area contributed by atoms with Crippen LogP contribution in [0.5, 0.6) is 0 Å². The van der Waals surface area contributed by atoms with Crippen LogP contribution in [0.2, 0.25) is 0 Å². The zero-order valence-electron chi connectivity index (χ0n) is 12.7. The first-order valence-electron chi connectivity index (χ1n) is 7.48. The molecule has 2 nitrogen and oxygen atoms in total. The van der Waals surface area contributed by atoms with E-state index in [0.717, 1.165) is 22.1 Å². The molecule has 1 heterocycles. The van der Waals surface area contributed by atoms with E-state index in [1.807, 2.05) is 30.4 Å². The quantitative estimate of drug-likeness (QED) is 0.467. The molecule has 0 aliphatic carbocycles. The Labute approximate surface area is 133 Å². The van der Waals surface area contributed by atoms with Crippen LogP contribution in [0.1, 0.15) is 0 Å². The molecule has 23 heavy (non-hydrogen) atoms. The molecule has 0 radical (unpaired) electrons. The molecule has 0 bridgehead atoms. The molecule has 3 aromatic carbocycles. The van der Waals surface area contributed by atoms with Crippen molar-refractivity contribution in [3.8, 4) is 0 Å². The van der Waals surface area contributed by atoms with Crippen LogP contribution in [-0.4, -0.2) is 12.0 Å². The van der Waals surface area contributed by atoms with Crippen molar-refractivity contribution in [2.45, 2.75) is 0 Å². The van der Waals surface area contributed by atoms with Gasteiger partial charge in [-0.15, -0.1) is 0 Å². The van der Waals surface area contributed by atoms with Crippen molar-refractivity contribution >= 4 is 32.9 Å². The second-order valence-electron chi connectivity index (χ2n) is 5.60. The van der Waals surface area contributed by atoms with E-state index in [-0.39, 0.29) is 5.82 Å². The van der Waals surface area contributed by atoms with Gasteiger partial charge in [0.2, 0.25) is 0 Å². The van der Waals surface area contributed by atoms with E-state index >= 15 is 0 Å². The third-order valence-electron chi connectivity index (χ3n) is 4.22.